The lowest BCUT2D eigenvalue weighted by Crippen LogP contribution is -2.61. The molecule has 25 heavy (non-hydrogen) atoms. The molecule has 1 aliphatic rings. The van der Waals surface area contributed by atoms with E-state index in [4.69, 9.17) is 58.5 Å². The van der Waals surface area contributed by atoms with E-state index in [1.165, 1.54) is 6.92 Å². The largest absolute Gasteiger partial charge is 0.456 e. The Bertz CT molecular complexity index is 507. The van der Waals surface area contributed by atoms with Gasteiger partial charge in [-0.2, -0.15) is 0 Å². The average Bonchev–Trinajstić information content (AvgIpc) is 2.41. The Kier molecular flexibility index (Phi) is 8.21. The summed E-state index contributed by atoms with van der Waals surface area (Å²) < 4.78 is 24.7. The Labute approximate surface area is 159 Å². The summed E-state index contributed by atoms with van der Waals surface area (Å²) in [7, 11) is 0. The summed E-state index contributed by atoms with van der Waals surface area (Å²) in [6, 6.07) is 0. The molecule has 5 atom stereocenters. The second kappa shape index (κ2) is 9.23. The monoisotopic (exact) mass is 420 g/mol. The van der Waals surface area contributed by atoms with Crippen LogP contribution in [0.4, 0.5) is 0 Å². The fraction of sp³-hybridized carbons (Fsp3) is 0.786. The van der Waals surface area contributed by atoms with Crippen LogP contribution in [0.1, 0.15) is 27.7 Å². The van der Waals surface area contributed by atoms with Gasteiger partial charge < -0.3 is 23.7 Å². The van der Waals surface area contributed by atoms with Gasteiger partial charge in [0.15, 0.2) is 24.6 Å². The third-order valence-corrected chi connectivity index (χ3v) is 3.37. The molecule has 0 aromatic rings. The number of hydrogen-bond acceptors (Lipinski definition) is 8. The number of carbonyl (C=O) groups excluding carboxylic acids is 3. The van der Waals surface area contributed by atoms with Gasteiger partial charge in [-0.25, -0.2) is 0 Å². The SMILES string of the molecule is CC(=O)O[C@H]1[C@@H](OC(C)=O)[C@@H](C)O[C@@H](OCC(Cl)(Cl)Cl)[C@@H]1OC(C)=O. The molecule has 144 valence electrons. The molecule has 0 N–H and O–H groups in total. The molecule has 0 radical (unpaired) electrons. The molecular weight excluding hydrogens is 403 g/mol. The molecule has 0 unspecified atom stereocenters. The van der Waals surface area contributed by atoms with Gasteiger partial charge in [0, 0.05) is 20.8 Å². The van der Waals surface area contributed by atoms with Crippen molar-refractivity contribution in [2.75, 3.05) is 6.61 Å². The fourth-order valence-electron chi connectivity index (χ4n) is 2.28. The molecule has 0 amide bonds. The lowest BCUT2D eigenvalue weighted by molar-refractivity contribution is -0.300. The Morgan fingerprint density at radius 2 is 1.32 bits per heavy atom. The molecule has 11 heteroatoms. The molecule has 0 aromatic heterocycles. The summed E-state index contributed by atoms with van der Waals surface area (Å²) in [5, 5.41) is 0. The number of alkyl halides is 3. The number of halogens is 3. The molecule has 8 nitrogen and oxygen atoms in total. The highest BCUT2D eigenvalue weighted by Crippen LogP contribution is 2.32. The molecule has 1 heterocycles. The van der Waals surface area contributed by atoms with E-state index in [0.29, 0.717) is 0 Å². The van der Waals surface area contributed by atoms with Crippen molar-refractivity contribution in [2.45, 2.75) is 62.2 Å². The maximum atomic E-state index is 11.5. The Morgan fingerprint density at radius 3 is 1.76 bits per heavy atom. The summed E-state index contributed by atoms with van der Waals surface area (Å²) in [6.07, 6.45) is -5.35. The summed E-state index contributed by atoms with van der Waals surface area (Å²) in [5.74, 6) is -1.99. The van der Waals surface area contributed by atoms with Crippen molar-refractivity contribution < 1.29 is 38.1 Å². The van der Waals surface area contributed by atoms with Crippen LogP contribution < -0.4 is 0 Å². The van der Waals surface area contributed by atoms with Crippen LogP contribution in [0.2, 0.25) is 0 Å². The number of ether oxygens (including phenoxy) is 5. The van der Waals surface area contributed by atoms with Crippen LogP contribution in [0.15, 0.2) is 0 Å². The number of hydrogen-bond donors (Lipinski definition) is 0. The number of carbonyl (C=O) groups is 3. The zero-order chi connectivity index (χ0) is 19.4. The highest BCUT2D eigenvalue weighted by molar-refractivity contribution is 6.67. The molecule has 1 rings (SSSR count). The first-order valence-electron chi connectivity index (χ1n) is 7.26. The van der Waals surface area contributed by atoms with Gasteiger partial charge in [0.05, 0.1) is 12.7 Å². The van der Waals surface area contributed by atoms with E-state index in [-0.39, 0.29) is 6.61 Å². The first-order chi connectivity index (χ1) is 11.4. The first kappa shape index (κ1) is 22.2. The zero-order valence-corrected chi connectivity index (χ0v) is 16.3. The van der Waals surface area contributed by atoms with E-state index < -0.39 is 52.4 Å². The first-order valence-corrected chi connectivity index (χ1v) is 8.39. The van der Waals surface area contributed by atoms with Crippen molar-refractivity contribution in [1.29, 1.82) is 0 Å². The van der Waals surface area contributed by atoms with Gasteiger partial charge in [0.1, 0.15) is 0 Å². The minimum Gasteiger partial charge on any atom is -0.456 e. The average molecular weight is 422 g/mol. The van der Waals surface area contributed by atoms with E-state index in [9.17, 15) is 14.4 Å². The smallest absolute Gasteiger partial charge is 0.303 e. The second-order valence-corrected chi connectivity index (χ2v) is 7.87. The van der Waals surface area contributed by atoms with Crippen LogP contribution in [0.25, 0.3) is 0 Å². The van der Waals surface area contributed by atoms with Crippen molar-refractivity contribution in [2.24, 2.45) is 0 Å². The zero-order valence-electron chi connectivity index (χ0n) is 14.0. The summed E-state index contributed by atoms with van der Waals surface area (Å²) in [5.41, 5.74) is 0. The Balaban J connectivity index is 3.11. The van der Waals surface area contributed by atoms with E-state index in [0.717, 1.165) is 13.8 Å². The molecule has 0 saturated carbocycles. The Morgan fingerprint density at radius 1 is 0.880 bits per heavy atom. The predicted molar refractivity (Wildman–Crippen MR) is 87.2 cm³/mol. The standard InChI is InChI=1S/C14H19Cl3O8/c1-6-10(23-7(2)18)11(24-8(3)19)12(25-9(4)20)13(22-6)21-5-14(15,16)17/h6,10-13H,5H2,1-4H3/t6-,10+,11+,12-,13-/m1/s1. The third-order valence-electron chi connectivity index (χ3n) is 3.04. The molecule has 1 aliphatic heterocycles. The molecule has 1 fully saturated rings. The molecule has 0 aliphatic carbocycles. The van der Waals surface area contributed by atoms with E-state index in [2.05, 4.69) is 0 Å². The third kappa shape index (κ3) is 7.53. The van der Waals surface area contributed by atoms with Gasteiger partial charge in [-0.1, -0.05) is 34.8 Å². The van der Waals surface area contributed by atoms with Crippen molar-refractivity contribution in [3.05, 3.63) is 0 Å². The quantitative estimate of drug-likeness (QED) is 0.377. The maximum absolute atomic E-state index is 11.5. The van der Waals surface area contributed by atoms with Crippen LogP contribution in [-0.4, -0.2) is 59.0 Å². The lowest BCUT2D eigenvalue weighted by atomic mass is 9.99. The van der Waals surface area contributed by atoms with Crippen LogP contribution in [0, 0.1) is 0 Å². The molecule has 0 bridgehead atoms. The van der Waals surface area contributed by atoms with Crippen LogP contribution in [0.3, 0.4) is 0 Å². The van der Waals surface area contributed by atoms with Crippen LogP contribution in [-0.2, 0) is 38.1 Å². The molecule has 0 aromatic carbocycles. The second-order valence-electron chi connectivity index (χ2n) is 5.36. The Hall–Kier alpha value is -0.800. The minimum atomic E-state index is -1.74. The molecule has 0 spiro atoms. The van der Waals surface area contributed by atoms with Crippen molar-refractivity contribution in [1.82, 2.24) is 0 Å². The fourth-order valence-corrected chi connectivity index (χ4v) is 2.47. The van der Waals surface area contributed by atoms with Crippen molar-refractivity contribution >= 4 is 52.7 Å². The molecule has 1 saturated heterocycles. The normalized spacial score (nSPS) is 29.6. The van der Waals surface area contributed by atoms with Gasteiger partial charge in [0.25, 0.3) is 0 Å². The predicted octanol–water partition coefficient (Wildman–Crippen LogP) is 1.91. The van der Waals surface area contributed by atoms with Gasteiger partial charge in [-0.15, -0.1) is 0 Å². The van der Waals surface area contributed by atoms with Crippen molar-refractivity contribution in [3.8, 4) is 0 Å². The van der Waals surface area contributed by atoms with Crippen molar-refractivity contribution in [3.63, 3.8) is 0 Å². The summed E-state index contributed by atoms with van der Waals surface area (Å²) in [6.45, 7) is 4.68. The van der Waals surface area contributed by atoms with Gasteiger partial charge in [0.2, 0.25) is 3.79 Å². The highest BCUT2D eigenvalue weighted by atomic mass is 35.6. The van der Waals surface area contributed by atoms with Gasteiger partial charge in [-0.3, -0.25) is 14.4 Å². The summed E-state index contributed by atoms with van der Waals surface area (Å²) >= 11 is 16.9. The minimum absolute atomic E-state index is 0.377. The number of esters is 3. The van der Waals surface area contributed by atoms with E-state index >= 15 is 0 Å². The highest BCUT2D eigenvalue weighted by Gasteiger charge is 2.51. The van der Waals surface area contributed by atoms with Gasteiger partial charge in [-0.05, 0) is 6.92 Å². The van der Waals surface area contributed by atoms with E-state index in [1.54, 1.807) is 6.92 Å². The summed E-state index contributed by atoms with van der Waals surface area (Å²) in [4.78, 5) is 34.2. The molecular formula is C14H19Cl3O8. The topological polar surface area (TPSA) is 97.4 Å². The maximum Gasteiger partial charge on any atom is 0.303 e. The lowest BCUT2D eigenvalue weighted by Gasteiger charge is -2.43. The van der Waals surface area contributed by atoms with Crippen LogP contribution in [0.5, 0.6) is 0 Å². The van der Waals surface area contributed by atoms with Crippen LogP contribution >= 0.6 is 34.8 Å². The van der Waals surface area contributed by atoms with E-state index in [1.807, 2.05) is 0 Å². The van der Waals surface area contributed by atoms with Gasteiger partial charge >= 0.3 is 17.9 Å². The number of rotatable bonds is 5.